The third-order valence-corrected chi connectivity index (χ3v) is 7.63. The first kappa shape index (κ1) is 31.7. The monoisotopic (exact) mass is 589 g/mol. The van der Waals surface area contributed by atoms with Crippen LogP contribution in [0.2, 0.25) is 0 Å². The Balaban J connectivity index is 1.85. The average molecular weight is 590 g/mol. The predicted molar refractivity (Wildman–Crippen MR) is 152 cm³/mol. The zero-order valence-electron chi connectivity index (χ0n) is 23.0. The summed E-state index contributed by atoms with van der Waals surface area (Å²) in [6.45, 7) is 2.10. The molecule has 0 heterocycles. The normalized spacial score (nSPS) is 12.4. The molecule has 0 saturated carbocycles. The summed E-state index contributed by atoms with van der Waals surface area (Å²) in [6, 6.07) is 21.7. The van der Waals surface area contributed by atoms with Gasteiger partial charge in [-0.15, -0.1) is 0 Å². The second kappa shape index (κ2) is 14.2. The highest BCUT2D eigenvalue weighted by Crippen LogP contribution is 2.32. The zero-order valence-corrected chi connectivity index (χ0v) is 23.8. The van der Waals surface area contributed by atoms with Gasteiger partial charge in [0.05, 0.1) is 17.5 Å². The van der Waals surface area contributed by atoms with Crippen LogP contribution in [0, 0.1) is 0 Å². The summed E-state index contributed by atoms with van der Waals surface area (Å²) in [5.74, 6) is -0.694. The lowest BCUT2D eigenvalue weighted by atomic mass is 10.0. The highest BCUT2D eigenvalue weighted by atomic mass is 32.2. The minimum Gasteiger partial charge on any atom is -0.355 e. The van der Waals surface area contributed by atoms with Gasteiger partial charge in [-0.2, -0.15) is 13.2 Å². The van der Waals surface area contributed by atoms with Crippen molar-refractivity contribution in [1.29, 1.82) is 0 Å². The van der Waals surface area contributed by atoms with Gasteiger partial charge >= 0.3 is 6.18 Å². The van der Waals surface area contributed by atoms with Crippen molar-refractivity contribution in [3.8, 4) is 0 Å². The van der Waals surface area contributed by atoms with Gasteiger partial charge in [0.15, 0.2) is 0 Å². The van der Waals surface area contributed by atoms with Crippen LogP contribution in [-0.4, -0.2) is 50.5 Å². The van der Waals surface area contributed by atoms with E-state index in [1.54, 1.807) is 6.92 Å². The Morgan fingerprint density at radius 3 is 2.07 bits per heavy atom. The number of carbonyl (C=O) groups excluding carboxylic acids is 2. The first-order valence-electron chi connectivity index (χ1n) is 13.2. The Morgan fingerprint density at radius 1 is 0.902 bits per heavy atom. The maximum atomic E-state index is 13.7. The maximum Gasteiger partial charge on any atom is 0.416 e. The van der Waals surface area contributed by atoms with Crippen molar-refractivity contribution in [2.75, 3.05) is 23.7 Å². The van der Waals surface area contributed by atoms with Crippen LogP contribution < -0.4 is 9.62 Å². The van der Waals surface area contributed by atoms with Gasteiger partial charge in [-0.05, 0) is 42.7 Å². The minimum absolute atomic E-state index is 0.0287. The Bertz CT molecular complexity index is 1400. The molecule has 0 aliphatic carbocycles. The van der Waals surface area contributed by atoms with Crippen LogP contribution in [0.5, 0.6) is 0 Å². The van der Waals surface area contributed by atoms with E-state index >= 15 is 0 Å². The van der Waals surface area contributed by atoms with E-state index in [4.69, 9.17) is 0 Å². The molecule has 11 heteroatoms. The molecule has 1 N–H and O–H groups in total. The molecule has 0 saturated heterocycles. The molecule has 0 aliphatic heterocycles. The number of halogens is 3. The summed E-state index contributed by atoms with van der Waals surface area (Å²) in [7, 11) is -3.95. The van der Waals surface area contributed by atoms with Crippen molar-refractivity contribution < 1.29 is 31.2 Å². The number of amides is 2. The summed E-state index contributed by atoms with van der Waals surface area (Å²) in [4.78, 5) is 28.4. The number of sulfonamides is 1. The molecule has 41 heavy (non-hydrogen) atoms. The SMILES string of the molecule is CCNC(=O)C(Cc1ccccc1)N(Cc1ccccc1)C(=O)CCCN(c1cccc(C(F)(F)F)c1)S(C)(=O)=O. The molecule has 0 spiro atoms. The lowest BCUT2D eigenvalue weighted by Gasteiger charge is -2.32. The van der Waals surface area contributed by atoms with E-state index in [-0.39, 0.29) is 49.9 Å². The van der Waals surface area contributed by atoms with Gasteiger partial charge in [0.25, 0.3) is 0 Å². The molecule has 0 aromatic heterocycles. The van der Waals surface area contributed by atoms with Gasteiger partial charge in [0, 0.05) is 32.5 Å². The average Bonchev–Trinajstić information content (AvgIpc) is 2.93. The number of hydrogen-bond acceptors (Lipinski definition) is 4. The fourth-order valence-corrected chi connectivity index (χ4v) is 5.42. The molecule has 3 aromatic carbocycles. The molecule has 0 aliphatic rings. The van der Waals surface area contributed by atoms with Crippen molar-refractivity contribution in [2.45, 2.75) is 44.9 Å². The van der Waals surface area contributed by atoms with Gasteiger partial charge in [-0.25, -0.2) is 8.42 Å². The van der Waals surface area contributed by atoms with Gasteiger partial charge < -0.3 is 10.2 Å². The molecule has 1 unspecified atom stereocenters. The van der Waals surface area contributed by atoms with Crippen LogP contribution in [0.3, 0.4) is 0 Å². The molecule has 3 aromatic rings. The van der Waals surface area contributed by atoms with Gasteiger partial charge in [-0.3, -0.25) is 13.9 Å². The van der Waals surface area contributed by atoms with Crippen molar-refractivity contribution in [1.82, 2.24) is 10.2 Å². The summed E-state index contributed by atoms with van der Waals surface area (Å²) in [5, 5.41) is 2.81. The van der Waals surface area contributed by atoms with Crippen molar-refractivity contribution in [2.24, 2.45) is 0 Å². The number of anilines is 1. The number of nitrogens with one attached hydrogen (secondary N) is 1. The fraction of sp³-hybridized carbons (Fsp3) is 0.333. The van der Waals surface area contributed by atoms with E-state index in [9.17, 15) is 31.2 Å². The Hall–Kier alpha value is -3.86. The summed E-state index contributed by atoms with van der Waals surface area (Å²) in [6.07, 6.45) is -3.56. The van der Waals surface area contributed by atoms with Crippen LogP contribution in [0.1, 0.15) is 36.5 Å². The number of likely N-dealkylation sites (N-methyl/N-ethyl adjacent to an activating group) is 1. The first-order chi connectivity index (χ1) is 19.4. The van der Waals surface area contributed by atoms with Crippen LogP contribution in [0.25, 0.3) is 0 Å². The number of hydrogen-bond donors (Lipinski definition) is 1. The smallest absolute Gasteiger partial charge is 0.355 e. The number of rotatable bonds is 13. The second-order valence-electron chi connectivity index (χ2n) is 9.59. The highest BCUT2D eigenvalue weighted by Gasteiger charge is 2.32. The van der Waals surface area contributed by atoms with Crippen LogP contribution in [-0.2, 0) is 38.8 Å². The Morgan fingerprint density at radius 2 is 1.51 bits per heavy atom. The quantitative estimate of drug-likeness (QED) is 0.303. The molecule has 1 atom stereocenters. The van der Waals surface area contributed by atoms with Gasteiger partial charge in [-0.1, -0.05) is 66.7 Å². The lowest BCUT2D eigenvalue weighted by molar-refractivity contribution is -0.141. The molecular formula is C30H34F3N3O4S. The number of benzene rings is 3. The minimum atomic E-state index is -4.64. The Labute approximate surface area is 239 Å². The molecular weight excluding hydrogens is 555 g/mol. The molecule has 0 radical (unpaired) electrons. The van der Waals surface area contributed by atoms with Gasteiger partial charge in [0.2, 0.25) is 21.8 Å². The van der Waals surface area contributed by atoms with E-state index in [1.165, 1.54) is 11.0 Å². The largest absolute Gasteiger partial charge is 0.416 e. The summed E-state index contributed by atoms with van der Waals surface area (Å²) in [5.41, 5.74) is 0.562. The van der Waals surface area contributed by atoms with E-state index in [2.05, 4.69) is 5.32 Å². The van der Waals surface area contributed by atoms with Gasteiger partial charge in [0.1, 0.15) is 6.04 Å². The molecule has 3 rings (SSSR count). The number of carbonyl (C=O) groups is 2. The third kappa shape index (κ3) is 9.34. The van der Waals surface area contributed by atoms with E-state index < -0.39 is 27.8 Å². The van der Waals surface area contributed by atoms with Crippen molar-refractivity contribution in [3.63, 3.8) is 0 Å². The topological polar surface area (TPSA) is 86.8 Å². The standard InChI is InChI=1S/C30H34F3N3O4S/c1-3-34-29(38)27(20-23-12-6-4-7-13-23)35(22-24-14-8-5-9-15-24)28(37)18-11-19-36(41(2,39)40)26-17-10-16-25(21-26)30(31,32)33/h4-10,12-17,21,27H,3,11,18-20,22H2,1-2H3,(H,34,38). The highest BCUT2D eigenvalue weighted by molar-refractivity contribution is 7.92. The van der Waals surface area contributed by atoms with Crippen molar-refractivity contribution in [3.05, 3.63) is 102 Å². The van der Waals surface area contributed by atoms with E-state index in [1.807, 2.05) is 60.7 Å². The van der Waals surface area contributed by atoms with E-state index in [0.29, 0.717) is 6.54 Å². The third-order valence-electron chi connectivity index (χ3n) is 6.43. The van der Waals surface area contributed by atoms with Crippen LogP contribution in [0.4, 0.5) is 18.9 Å². The molecule has 220 valence electrons. The lowest BCUT2D eigenvalue weighted by Crippen LogP contribution is -2.50. The maximum absolute atomic E-state index is 13.7. The van der Waals surface area contributed by atoms with Crippen LogP contribution in [0.15, 0.2) is 84.9 Å². The molecule has 7 nitrogen and oxygen atoms in total. The molecule has 0 bridgehead atoms. The number of alkyl halides is 3. The molecule has 2 amide bonds. The van der Waals surface area contributed by atoms with Crippen LogP contribution >= 0.6 is 0 Å². The number of nitrogens with zero attached hydrogens (tertiary/aromatic N) is 2. The second-order valence-corrected chi connectivity index (χ2v) is 11.5. The Kier molecular flexibility index (Phi) is 10.9. The summed E-state index contributed by atoms with van der Waals surface area (Å²) < 4.78 is 65.7. The summed E-state index contributed by atoms with van der Waals surface area (Å²) >= 11 is 0. The van der Waals surface area contributed by atoms with Crippen molar-refractivity contribution >= 4 is 27.5 Å². The predicted octanol–water partition coefficient (Wildman–Crippen LogP) is 5.03. The van der Waals surface area contributed by atoms with E-state index in [0.717, 1.165) is 39.9 Å². The zero-order chi connectivity index (χ0) is 30.0. The fourth-order valence-electron chi connectivity index (χ4n) is 4.47. The molecule has 0 fully saturated rings. The first-order valence-corrected chi connectivity index (χ1v) is 15.0.